The Labute approximate surface area is 137 Å². The molecule has 2 aromatic carbocycles. The third-order valence-corrected chi connectivity index (χ3v) is 4.78. The van der Waals surface area contributed by atoms with Gasteiger partial charge in [-0.15, -0.1) is 0 Å². The lowest BCUT2D eigenvalue weighted by atomic mass is 9.97. The molecule has 126 valence electrons. The molecule has 0 radical (unpaired) electrons. The zero-order valence-corrected chi connectivity index (χ0v) is 13.2. The number of halogens is 3. The molecule has 24 heavy (non-hydrogen) atoms. The van der Waals surface area contributed by atoms with Gasteiger partial charge in [0.05, 0.1) is 6.54 Å². The van der Waals surface area contributed by atoms with Crippen molar-refractivity contribution in [3.05, 3.63) is 47.8 Å². The molecule has 0 amide bonds. The molecule has 0 aliphatic carbocycles. The van der Waals surface area contributed by atoms with E-state index in [4.69, 9.17) is 5.73 Å². The number of aromatic nitrogens is 1. The second-order valence-electron chi connectivity index (χ2n) is 6.55. The summed E-state index contributed by atoms with van der Waals surface area (Å²) in [4.78, 5) is 0. The maximum Gasteiger partial charge on any atom is 0.282 e. The maximum atomic E-state index is 14.7. The number of benzene rings is 2. The summed E-state index contributed by atoms with van der Waals surface area (Å²) in [6.07, 6.45) is 0. The molecular formula is C18H18F3N3. The number of hydrogen-bond donors (Lipinski definition) is 2. The number of nitrogens with one attached hydrogen (secondary N) is 1. The summed E-state index contributed by atoms with van der Waals surface area (Å²) in [7, 11) is 0. The van der Waals surface area contributed by atoms with E-state index >= 15 is 0 Å². The van der Waals surface area contributed by atoms with Crippen molar-refractivity contribution in [2.45, 2.75) is 24.9 Å². The number of nitrogens with two attached hydrogens (primary N) is 1. The van der Waals surface area contributed by atoms with Crippen LogP contribution in [0.25, 0.3) is 21.8 Å². The molecule has 3 aromatic rings. The van der Waals surface area contributed by atoms with Crippen LogP contribution in [0, 0.1) is 12.7 Å². The molecule has 3 nitrogen and oxygen atoms in total. The van der Waals surface area contributed by atoms with Gasteiger partial charge >= 0.3 is 0 Å². The predicted molar refractivity (Wildman–Crippen MR) is 89.0 cm³/mol. The molecule has 1 fully saturated rings. The zero-order chi connectivity index (χ0) is 17.1. The van der Waals surface area contributed by atoms with Crippen molar-refractivity contribution in [1.82, 2.24) is 9.88 Å². The molecule has 1 aliphatic rings. The van der Waals surface area contributed by atoms with Crippen LogP contribution in [0.2, 0.25) is 0 Å². The Morgan fingerprint density at radius 1 is 1.12 bits per heavy atom. The van der Waals surface area contributed by atoms with E-state index in [-0.39, 0.29) is 5.82 Å². The summed E-state index contributed by atoms with van der Waals surface area (Å²) < 4.78 is 44.7. The van der Waals surface area contributed by atoms with Crippen molar-refractivity contribution < 1.29 is 13.2 Å². The predicted octanol–water partition coefficient (Wildman–Crippen LogP) is 3.35. The van der Waals surface area contributed by atoms with Crippen LogP contribution < -0.4 is 11.1 Å². The van der Waals surface area contributed by atoms with Gasteiger partial charge in [0.2, 0.25) is 0 Å². The number of hydrogen-bond acceptors (Lipinski definition) is 2. The SMILES string of the molecule is Cc1ccc2c(c1)c1cc(F)ccc1n2[C@@H]1[C@@H](N)CNCC1(F)F. The zero-order valence-electron chi connectivity index (χ0n) is 13.2. The van der Waals surface area contributed by atoms with Crippen LogP contribution in [0.1, 0.15) is 11.6 Å². The van der Waals surface area contributed by atoms with E-state index in [1.54, 1.807) is 10.6 Å². The monoisotopic (exact) mass is 333 g/mol. The van der Waals surface area contributed by atoms with Crippen molar-refractivity contribution in [1.29, 1.82) is 0 Å². The van der Waals surface area contributed by atoms with Gasteiger partial charge in [0.1, 0.15) is 11.9 Å². The van der Waals surface area contributed by atoms with E-state index in [0.717, 1.165) is 10.9 Å². The van der Waals surface area contributed by atoms with Crippen molar-refractivity contribution >= 4 is 21.8 Å². The van der Waals surface area contributed by atoms with E-state index < -0.39 is 24.6 Å². The molecule has 2 atom stereocenters. The Kier molecular flexibility index (Phi) is 3.37. The average molecular weight is 333 g/mol. The molecule has 3 N–H and O–H groups in total. The fraction of sp³-hybridized carbons (Fsp3) is 0.333. The first-order chi connectivity index (χ1) is 11.4. The number of alkyl halides is 2. The van der Waals surface area contributed by atoms with Gasteiger partial charge in [-0.05, 0) is 37.3 Å². The van der Waals surface area contributed by atoms with Gasteiger partial charge in [-0.3, -0.25) is 0 Å². The minimum absolute atomic E-state index is 0.314. The van der Waals surface area contributed by atoms with Crippen molar-refractivity contribution in [2.24, 2.45) is 5.73 Å². The molecule has 0 spiro atoms. The van der Waals surface area contributed by atoms with E-state index in [1.165, 1.54) is 12.1 Å². The smallest absolute Gasteiger partial charge is 0.282 e. The van der Waals surface area contributed by atoms with Crippen molar-refractivity contribution in [3.63, 3.8) is 0 Å². The second-order valence-corrected chi connectivity index (χ2v) is 6.55. The lowest BCUT2D eigenvalue weighted by Gasteiger charge is -2.38. The average Bonchev–Trinajstić information content (AvgIpc) is 2.80. The van der Waals surface area contributed by atoms with Gasteiger partial charge in [0, 0.05) is 34.4 Å². The minimum Gasteiger partial charge on any atom is -0.330 e. The number of rotatable bonds is 1. The van der Waals surface area contributed by atoms with E-state index in [0.29, 0.717) is 23.0 Å². The molecule has 6 heteroatoms. The topological polar surface area (TPSA) is 43.0 Å². The van der Waals surface area contributed by atoms with Crippen LogP contribution >= 0.6 is 0 Å². The highest BCUT2D eigenvalue weighted by atomic mass is 19.3. The molecule has 2 heterocycles. The summed E-state index contributed by atoms with van der Waals surface area (Å²) in [5, 5.41) is 4.09. The van der Waals surface area contributed by atoms with Crippen LogP contribution in [0.3, 0.4) is 0 Å². The molecule has 0 bridgehead atoms. The molecule has 0 saturated carbocycles. The van der Waals surface area contributed by atoms with Gasteiger partial charge in [0.25, 0.3) is 5.92 Å². The van der Waals surface area contributed by atoms with Crippen LogP contribution in [0.5, 0.6) is 0 Å². The molecule has 1 saturated heterocycles. The van der Waals surface area contributed by atoms with Crippen molar-refractivity contribution in [2.75, 3.05) is 13.1 Å². The number of aryl methyl sites for hydroxylation is 1. The van der Waals surface area contributed by atoms with Gasteiger partial charge < -0.3 is 15.6 Å². The van der Waals surface area contributed by atoms with Gasteiger partial charge in [-0.2, -0.15) is 0 Å². The lowest BCUT2D eigenvalue weighted by molar-refractivity contribution is -0.0702. The quantitative estimate of drug-likeness (QED) is 0.717. The molecule has 1 aromatic heterocycles. The largest absolute Gasteiger partial charge is 0.330 e. The van der Waals surface area contributed by atoms with Gasteiger partial charge in [-0.1, -0.05) is 11.6 Å². The minimum atomic E-state index is -2.99. The summed E-state index contributed by atoms with van der Waals surface area (Å²) in [6.45, 7) is 1.82. The second kappa shape index (κ2) is 5.22. The van der Waals surface area contributed by atoms with E-state index in [1.807, 2.05) is 25.1 Å². The summed E-state index contributed by atoms with van der Waals surface area (Å²) >= 11 is 0. The maximum absolute atomic E-state index is 14.7. The number of nitrogens with zero attached hydrogens (tertiary/aromatic N) is 1. The number of fused-ring (bicyclic) bond motifs is 3. The first kappa shape index (κ1) is 15.5. The summed E-state index contributed by atoms with van der Waals surface area (Å²) in [5.74, 6) is -3.38. The summed E-state index contributed by atoms with van der Waals surface area (Å²) in [6, 6.07) is 7.94. The molecule has 4 rings (SSSR count). The Bertz CT molecular complexity index is 873. The van der Waals surface area contributed by atoms with Gasteiger partial charge in [-0.25, -0.2) is 13.2 Å². The highest BCUT2D eigenvalue weighted by Gasteiger charge is 2.47. The Morgan fingerprint density at radius 3 is 2.50 bits per heavy atom. The first-order valence-corrected chi connectivity index (χ1v) is 7.92. The summed E-state index contributed by atoms with van der Waals surface area (Å²) in [5.41, 5.74) is 8.28. The number of piperidine rings is 1. The fourth-order valence-corrected chi connectivity index (χ4v) is 3.75. The fourth-order valence-electron chi connectivity index (χ4n) is 3.75. The van der Waals surface area contributed by atoms with Crippen LogP contribution in [0.15, 0.2) is 36.4 Å². The Balaban J connectivity index is 2.10. The Hall–Kier alpha value is -2.05. The Morgan fingerprint density at radius 2 is 1.79 bits per heavy atom. The van der Waals surface area contributed by atoms with Crippen LogP contribution in [-0.4, -0.2) is 29.6 Å². The van der Waals surface area contributed by atoms with Crippen LogP contribution in [-0.2, 0) is 0 Å². The third-order valence-electron chi connectivity index (χ3n) is 4.78. The van der Waals surface area contributed by atoms with E-state index in [2.05, 4.69) is 5.32 Å². The molecular weight excluding hydrogens is 315 g/mol. The molecule has 0 unspecified atom stereocenters. The standard InChI is InChI=1S/C18H18F3N3/c1-10-2-4-15-12(6-10)13-7-11(19)3-5-16(13)24(15)17-14(22)8-23-9-18(17,20)21/h2-7,14,17,23H,8-9,22H2,1H3/t14-,17+/m0/s1. The molecule has 1 aliphatic heterocycles. The van der Waals surface area contributed by atoms with Crippen molar-refractivity contribution in [3.8, 4) is 0 Å². The lowest BCUT2D eigenvalue weighted by Crippen LogP contribution is -2.58. The highest BCUT2D eigenvalue weighted by Crippen LogP contribution is 2.40. The highest BCUT2D eigenvalue weighted by molar-refractivity contribution is 6.08. The normalized spacial score (nSPS) is 23.9. The van der Waals surface area contributed by atoms with Gasteiger partial charge in [0.15, 0.2) is 0 Å². The van der Waals surface area contributed by atoms with E-state index in [9.17, 15) is 13.2 Å². The third kappa shape index (κ3) is 2.21. The first-order valence-electron chi connectivity index (χ1n) is 7.92. The van der Waals surface area contributed by atoms with Crippen LogP contribution in [0.4, 0.5) is 13.2 Å².